The molecule has 0 saturated heterocycles. The molecular formula is C15H15NO2. The van der Waals surface area contributed by atoms with E-state index in [0.29, 0.717) is 0 Å². The van der Waals surface area contributed by atoms with Gasteiger partial charge >= 0.3 is 5.97 Å². The molecule has 1 aromatic carbocycles. The summed E-state index contributed by atoms with van der Waals surface area (Å²) < 4.78 is 0. The molecule has 3 heteroatoms. The first-order chi connectivity index (χ1) is 8.58. The summed E-state index contributed by atoms with van der Waals surface area (Å²) in [4.78, 5) is 15.2. The Morgan fingerprint density at radius 1 is 1.28 bits per heavy atom. The maximum atomic E-state index is 10.9. The van der Waals surface area contributed by atoms with Gasteiger partial charge in [0.15, 0.2) is 0 Å². The fourth-order valence-electron chi connectivity index (χ4n) is 1.98. The highest BCUT2D eigenvalue weighted by molar-refractivity contribution is 5.76. The summed E-state index contributed by atoms with van der Waals surface area (Å²) in [5.74, 6) is -0.838. The third kappa shape index (κ3) is 2.56. The summed E-state index contributed by atoms with van der Waals surface area (Å²) in [5.41, 5.74) is 4.76. The van der Waals surface area contributed by atoms with Crippen molar-refractivity contribution >= 4 is 5.97 Å². The van der Waals surface area contributed by atoms with E-state index >= 15 is 0 Å². The molecule has 0 saturated carbocycles. The number of carboxylic acids is 1. The van der Waals surface area contributed by atoms with Crippen molar-refractivity contribution in [2.24, 2.45) is 0 Å². The number of hydrogen-bond donors (Lipinski definition) is 1. The van der Waals surface area contributed by atoms with Crippen LogP contribution in [0.1, 0.15) is 16.7 Å². The number of aromatic nitrogens is 1. The van der Waals surface area contributed by atoms with Crippen LogP contribution in [0.3, 0.4) is 0 Å². The summed E-state index contributed by atoms with van der Waals surface area (Å²) in [7, 11) is 0. The molecule has 2 aromatic rings. The average molecular weight is 241 g/mol. The molecule has 0 atom stereocenters. The third-order valence-electron chi connectivity index (χ3n) is 2.88. The number of aryl methyl sites for hydroxylation is 2. The maximum absolute atomic E-state index is 10.9. The molecule has 0 aliphatic heterocycles. The molecule has 1 heterocycles. The minimum atomic E-state index is -0.838. The molecular weight excluding hydrogens is 226 g/mol. The molecule has 0 unspecified atom stereocenters. The number of benzene rings is 1. The van der Waals surface area contributed by atoms with E-state index in [-0.39, 0.29) is 6.42 Å². The highest BCUT2D eigenvalue weighted by atomic mass is 16.4. The first-order valence-corrected chi connectivity index (χ1v) is 5.81. The lowest BCUT2D eigenvalue weighted by Crippen LogP contribution is -2.03. The molecule has 0 aliphatic carbocycles. The van der Waals surface area contributed by atoms with Crippen molar-refractivity contribution in [3.05, 3.63) is 53.2 Å². The second kappa shape index (κ2) is 5.00. The summed E-state index contributed by atoms with van der Waals surface area (Å²) in [6.07, 6.45) is 1.69. The van der Waals surface area contributed by atoms with Crippen LogP contribution in [0.4, 0.5) is 0 Å². The largest absolute Gasteiger partial charge is 0.481 e. The van der Waals surface area contributed by atoms with Crippen LogP contribution in [0, 0.1) is 13.8 Å². The smallest absolute Gasteiger partial charge is 0.307 e. The van der Waals surface area contributed by atoms with Crippen LogP contribution in [0.5, 0.6) is 0 Å². The Morgan fingerprint density at radius 3 is 2.78 bits per heavy atom. The Labute approximate surface area is 106 Å². The molecule has 18 heavy (non-hydrogen) atoms. The topological polar surface area (TPSA) is 50.2 Å². The number of rotatable bonds is 3. The molecule has 0 aliphatic rings. The van der Waals surface area contributed by atoms with E-state index in [1.165, 1.54) is 0 Å². The van der Waals surface area contributed by atoms with Crippen molar-refractivity contribution in [1.82, 2.24) is 4.98 Å². The molecule has 0 bridgehead atoms. The first-order valence-electron chi connectivity index (χ1n) is 5.81. The molecule has 92 valence electrons. The molecule has 0 fully saturated rings. The van der Waals surface area contributed by atoms with E-state index in [9.17, 15) is 4.79 Å². The molecule has 1 aromatic heterocycles. The van der Waals surface area contributed by atoms with Crippen molar-refractivity contribution in [3.8, 4) is 11.3 Å². The zero-order valence-corrected chi connectivity index (χ0v) is 10.5. The number of carbonyl (C=O) groups is 1. The second-order valence-electron chi connectivity index (χ2n) is 4.40. The van der Waals surface area contributed by atoms with Gasteiger partial charge in [0.05, 0.1) is 12.1 Å². The Morgan fingerprint density at radius 2 is 2.06 bits per heavy atom. The van der Waals surface area contributed by atoms with E-state index < -0.39 is 5.97 Å². The molecule has 3 nitrogen and oxygen atoms in total. The van der Waals surface area contributed by atoms with Crippen molar-refractivity contribution in [2.45, 2.75) is 20.3 Å². The number of nitrogens with zero attached hydrogens (tertiary/aromatic N) is 1. The summed E-state index contributed by atoms with van der Waals surface area (Å²) in [5, 5.41) is 8.93. The Kier molecular flexibility index (Phi) is 3.42. The normalized spacial score (nSPS) is 10.3. The highest BCUT2D eigenvalue weighted by Gasteiger charge is 2.11. The van der Waals surface area contributed by atoms with Crippen LogP contribution in [-0.4, -0.2) is 16.1 Å². The van der Waals surface area contributed by atoms with Gasteiger partial charge in [-0.3, -0.25) is 9.78 Å². The van der Waals surface area contributed by atoms with Crippen LogP contribution in [0.25, 0.3) is 11.3 Å². The van der Waals surface area contributed by atoms with Crippen LogP contribution >= 0.6 is 0 Å². The van der Waals surface area contributed by atoms with Gasteiger partial charge in [0.25, 0.3) is 0 Å². The average Bonchev–Trinajstić information content (AvgIpc) is 2.32. The lowest BCUT2D eigenvalue weighted by Gasteiger charge is -2.10. The molecule has 2 rings (SSSR count). The van der Waals surface area contributed by atoms with Crippen molar-refractivity contribution < 1.29 is 9.90 Å². The number of aliphatic carboxylic acids is 1. The van der Waals surface area contributed by atoms with Crippen LogP contribution < -0.4 is 0 Å². The second-order valence-corrected chi connectivity index (χ2v) is 4.40. The van der Waals surface area contributed by atoms with Crippen molar-refractivity contribution in [1.29, 1.82) is 0 Å². The van der Waals surface area contributed by atoms with E-state index in [4.69, 9.17) is 5.11 Å². The highest BCUT2D eigenvalue weighted by Crippen LogP contribution is 2.26. The van der Waals surface area contributed by atoms with Crippen LogP contribution in [-0.2, 0) is 11.2 Å². The molecule has 0 amide bonds. The van der Waals surface area contributed by atoms with Gasteiger partial charge < -0.3 is 5.11 Å². The van der Waals surface area contributed by atoms with Crippen LogP contribution in [0.15, 0.2) is 36.5 Å². The van der Waals surface area contributed by atoms with Gasteiger partial charge in [0.1, 0.15) is 0 Å². The SMILES string of the molecule is Cc1ccc(C)c(-c2ncccc2CC(=O)O)c1. The van der Waals surface area contributed by atoms with E-state index in [1.54, 1.807) is 12.3 Å². The van der Waals surface area contributed by atoms with Gasteiger partial charge in [0.2, 0.25) is 0 Å². The summed E-state index contributed by atoms with van der Waals surface area (Å²) in [6.45, 7) is 4.02. The minimum Gasteiger partial charge on any atom is -0.481 e. The predicted octanol–water partition coefficient (Wildman–Crippen LogP) is 2.99. The third-order valence-corrected chi connectivity index (χ3v) is 2.88. The number of pyridine rings is 1. The quantitative estimate of drug-likeness (QED) is 0.898. The Balaban J connectivity index is 2.56. The van der Waals surface area contributed by atoms with Gasteiger partial charge in [-0.15, -0.1) is 0 Å². The minimum absolute atomic E-state index is 0.00342. The van der Waals surface area contributed by atoms with Crippen LogP contribution in [0.2, 0.25) is 0 Å². The van der Waals surface area contributed by atoms with E-state index in [1.807, 2.05) is 38.1 Å². The van der Waals surface area contributed by atoms with E-state index in [2.05, 4.69) is 4.98 Å². The molecule has 1 N–H and O–H groups in total. The molecule has 0 radical (unpaired) electrons. The summed E-state index contributed by atoms with van der Waals surface area (Å²) >= 11 is 0. The van der Waals surface area contributed by atoms with Crippen molar-refractivity contribution in [2.75, 3.05) is 0 Å². The number of carboxylic acid groups (broad SMARTS) is 1. The van der Waals surface area contributed by atoms with Gasteiger partial charge in [-0.05, 0) is 37.1 Å². The zero-order valence-electron chi connectivity index (χ0n) is 10.5. The Hall–Kier alpha value is -2.16. The maximum Gasteiger partial charge on any atom is 0.307 e. The van der Waals surface area contributed by atoms with Crippen molar-refractivity contribution in [3.63, 3.8) is 0 Å². The lowest BCUT2D eigenvalue weighted by molar-refractivity contribution is -0.136. The van der Waals surface area contributed by atoms with Gasteiger partial charge in [0, 0.05) is 11.8 Å². The van der Waals surface area contributed by atoms with Gasteiger partial charge in [-0.25, -0.2) is 0 Å². The monoisotopic (exact) mass is 241 g/mol. The first kappa shape index (κ1) is 12.3. The fraction of sp³-hybridized carbons (Fsp3) is 0.200. The summed E-state index contributed by atoms with van der Waals surface area (Å²) in [6, 6.07) is 9.71. The van der Waals surface area contributed by atoms with Gasteiger partial charge in [-0.2, -0.15) is 0 Å². The lowest BCUT2D eigenvalue weighted by atomic mass is 9.98. The van der Waals surface area contributed by atoms with Gasteiger partial charge in [-0.1, -0.05) is 23.8 Å². The standard InChI is InChI=1S/C15H15NO2/c1-10-5-6-11(2)13(8-10)15-12(9-14(17)18)4-3-7-16-15/h3-8H,9H2,1-2H3,(H,17,18). The van der Waals surface area contributed by atoms with E-state index in [0.717, 1.165) is 27.9 Å². The predicted molar refractivity (Wildman–Crippen MR) is 70.5 cm³/mol. The molecule has 0 spiro atoms. The zero-order chi connectivity index (χ0) is 13.1. The fourth-order valence-corrected chi connectivity index (χ4v) is 1.98. The number of hydrogen-bond acceptors (Lipinski definition) is 2. The Bertz CT molecular complexity index is 591.